The van der Waals surface area contributed by atoms with Crippen LogP contribution < -0.4 is 0 Å². The van der Waals surface area contributed by atoms with Gasteiger partial charge in [0, 0.05) is 26.2 Å². The summed E-state index contributed by atoms with van der Waals surface area (Å²) in [5, 5.41) is 1.03. The second-order valence-corrected chi connectivity index (χ2v) is 18.9. The lowest BCUT2D eigenvalue weighted by Crippen LogP contribution is -2.60. The number of para-hydroxylation sites is 1. The number of ether oxygens (including phenoxy) is 5. The van der Waals surface area contributed by atoms with Crippen molar-refractivity contribution in [2.24, 2.45) is 0 Å². The first kappa shape index (κ1) is 45.9. The highest BCUT2D eigenvalue weighted by molar-refractivity contribution is 8.03. The van der Waals surface area contributed by atoms with E-state index in [4.69, 9.17) is 67.2 Å². The fraction of sp³-hybridized carbons (Fsp3) is 0.811. The Kier molecular flexibility index (Phi) is 27.6. The Morgan fingerprint density at radius 2 is 1.04 bits per heavy atom. The summed E-state index contributed by atoms with van der Waals surface area (Å²) >= 11 is 11.5. The highest BCUT2D eigenvalue weighted by Crippen LogP contribution is 2.39. The zero-order valence-electron chi connectivity index (χ0n) is 31.2. The van der Waals surface area contributed by atoms with E-state index in [0.29, 0.717) is 92.1 Å². The minimum absolute atomic E-state index is 0.309. The molecule has 0 bridgehead atoms. The van der Waals surface area contributed by atoms with Gasteiger partial charge in [0.05, 0.1) is 81.3 Å². The van der Waals surface area contributed by atoms with E-state index in [1.54, 1.807) is 11.3 Å². The number of thiol groups is 2. The topological polar surface area (TPSA) is 86.7 Å². The zero-order valence-corrected chi connectivity index (χ0v) is 34.8. The summed E-state index contributed by atoms with van der Waals surface area (Å²) in [5.74, 6) is 0. The molecule has 0 spiro atoms. The molecule has 0 saturated carbocycles. The average Bonchev–Trinajstić information content (AvgIpc) is 3.54. The number of unbranched alkanes of at least 4 members (excludes halogenated alkanes) is 10. The molecule has 0 amide bonds. The molecule has 1 aromatic carbocycles. The summed E-state index contributed by atoms with van der Waals surface area (Å²) in [4.78, 5) is 4.75. The average molecular weight is 778 g/mol. The van der Waals surface area contributed by atoms with Gasteiger partial charge < -0.3 is 37.0 Å². The van der Waals surface area contributed by atoms with Gasteiger partial charge in [-0.25, -0.2) is 4.98 Å². The summed E-state index contributed by atoms with van der Waals surface area (Å²) in [6, 6.07) is 8.14. The van der Waals surface area contributed by atoms with Crippen molar-refractivity contribution in [1.29, 1.82) is 0 Å². The lowest BCUT2D eigenvalue weighted by molar-refractivity contribution is -0.0165. The van der Waals surface area contributed by atoms with E-state index < -0.39 is 12.5 Å². The molecule has 0 N–H and O–H groups in total. The first-order valence-corrected chi connectivity index (χ1v) is 22.5. The molecule has 9 nitrogen and oxygen atoms in total. The summed E-state index contributed by atoms with van der Waals surface area (Å²) in [5.41, 5.74) is 1.01. The molecule has 0 fully saturated rings. The van der Waals surface area contributed by atoms with Crippen molar-refractivity contribution in [2.45, 2.75) is 108 Å². The third-order valence-corrected chi connectivity index (χ3v) is 14.4. The Balaban J connectivity index is 1.42. The van der Waals surface area contributed by atoms with Gasteiger partial charge in [-0.15, -0.1) is 11.3 Å². The Morgan fingerprint density at radius 3 is 1.54 bits per heavy atom. The van der Waals surface area contributed by atoms with Crippen molar-refractivity contribution < 1.29 is 37.0 Å². The number of aryl methyl sites for hydroxylation is 1. The maximum atomic E-state index is 6.30. The van der Waals surface area contributed by atoms with Gasteiger partial charge in [0.1, 0.15) is 3.70 Å². The molecule has 0 aliphatic carbocycles. The first-order chi connectivity index (χ1) is 24.5. The lowest BCUT2D eigenvalue weighted by atomic mass is 10.1. The summed E-state index contributed by atoms with van der Waals surface area (Å²) in [6.45, 7) is 12.8. The third kappa shape index (κ3) is 20.2. The molecule has 0 aliphatic rings. The van der Waals surface area contributed by atoms with E-state index in [0.717, 1.165) is 23.6 Å². The number of fused-ring (bicyclic) bond motifs is 1. The maximum Gasteiger partial charge on any atom is 0.528 e. The monoisotopic (exact) mass is 777 g/mol. The fourth-order valence-electron chi connectivity index (χ4n) is 5.40. The number of aromatic nitrogens is 1. The molecule has 1 aromatic heterocycles. The first-order valence-electron chi connectivity index (χ1n) is 19.1. The second-order valence-electron chi connectivity index (χ2n) is 12.3. The molecule has 0 saturated heterocycles. The number of thiazole rings is 1. The van der Waals surface area contributed by atoms with Gasteiger partial charge in [0.25, 0.3) is 0 Å². The van der Waals surface area contributed by atoms with Gasteiger partial charge in [-0.05, 0) is 38.8 Å². The number of nitrogens with zero attached hydrogens (tertiary/aromatic N) is 1. The minimum Gasteiger partial charge on any atom is -0.379 e. The highest BCUT2D eigenvalue weighted by atomic mass is 32.2. The Bertz CT molecular complexity index is 1030. The third-order valence-electron chi connectivity index (χ3n) is 8.08. The molecular weight excluding hydrogens is 711 g/mol. The summed E-state index contributed by atoms with van der Waals surface area (Å²) in [6.07, 6.45) is 16.1. The van der Waals surface area contributed by atoms with Gasteiger partial charge in [0.2, 0.25) is 0 Å². The van der Waals surface area contributed by atoms with E-state index >= 15 is 0 Å². The van der Waals surface area contributed by atoms with Crippen LogP contribution in [-0.4, -0.2) is 103 Å². The Hall–Kier alpha value is -0.293. The standard InChI is InChI=1S/C37H67NO8S3Si/c1-4-7-8-9-10-11-12-13-14-15-18-23-39-24-25-40-26-27-41-28-29-42-30-31-43-32-33-46-50(44-5-2,45-6-3)37(47,48)22-21-36-38-34-19-16-17-20-35(34)49-36/h16-17,19-20,47-48H,4-15,18,21-33H2,1-3H3. The molecule has 0 atom stereocenters. The van der Waals surface area contributed by atoms with Crippen molar-refractivity contribution in [3.63, 3.8) is 0 Å². The van der Waals surface area contributed by atoms with Gasteiger partial charge in [-0.3, -0.25) is 0 Å². The maximum absolute atomic E-state index is 6.30. The van der Waals surface area contributed by atoms with E-state index in [1.165, 1.54) is 68.9 Å². The van der Waals surface area contributed by atoms with Crippen LogP contribution in [0.1, 0.15) is 103 Å². The molecule has 1 heterocycles. The van der Waals surface area contributed by atoms with Crippen LogP contribution in [0.5, 0.6) is 0 Å². The van der Waals surface area contributed by atoms with Crippen molar-refractivity contribution in [3.05, 3.63) is 29.3 Å². The number of hydrogen-bond acceptors (Lipinski definition) is 12. The number of rotatable bonds is 36. The quantitative estimate of drug-likeness (QED) is 0.0306. The van der Waals surface area contributed by atoms with Crippen LogP contribution >= 0.6 is 36.6 Å². The highest BCUT2D eigenvalue weighted by Gasteiger charge is 2.57. The van der Waals surface area contributed by atoms with Crippen LogP contribution in [0.4, 0.5) is 0 Å². The molecule has 13 heteroatoms. The van der Waals surface area contributed by atoms with Crippen LogP contribution in [0, 0.1) is 0 Å². The molecule has 2 rings (SSSR count). The molecule has 0 radical (unpaired) electrons. The Morgan fingerprint density at radius 1 is 0.580 bits per heavy atom. The van der Waals surface area contributed by atoms with E-state index in [1.807, 2.05) is 32.0 Å². The van der Waals surface area contributed by atoms with Crippen LogP contribution in [0.2, 0.25) is 0 Å². The molecule has 50 heavy (non-hydrogen) atoms. The van der Waals surface area contributed by atoms with Gasteiger partial charge in [-0.1, -0.05) is 83.3 Å². The van der Waals surface area contributed by atoms with Crippen molar-refractivity contribution in [2.75, 3.05) is 85.9 Å². The minimum atomic E-state index is -3.28. The lowest BCUT2D eigenvalue weighted by Gasteiger charge is -2.39. The normalized spacial score (nSPS) is 12.4. The van der Waals surface area contributed by atoms with E-state index in [9.17, 15) is 0 Å². The van der Waals surface area contributed by atoms with Crippen molar-refractivity contribution in [1.82, 2.24) is 4.98 Å². The summed E-state index contributed by atoms with van der Waals surface area (Å²) in [7, 11) is -3.28. The van der Waals surface area contributed by atoms with Crippen LogP contribution in [0.25, 0.3) is 10.2 Å². The number of benzene rings is 1. The SMILES string of the molecule is CCCCCCCCCCCCCOCCOCCOCCOCCOCCO[Si](OCC)(OCC)C(S)(S)CCc1nc2ccccc2s1. The van der Waals surface area contributed by atoms with Crippen LogP contribution in [0.15, 0.2) is 24.3 Å². The van der Waals surface area contributed by atoms with Gasteiger partial charge >= 0.3 is 8.80 Å². The van der Waals surface area contributed by atoms with Gasteiger partial charge in [0.15, 0.2) is 0 Å². The number of hydrogen-bond donors (Lipinski definition) is 2. The molecule has 2 aromatic rings. The second kappa shape index (κ2) is 30.1. The van der Waals surface area contributed by atoms with E-state index in [-0.39, 0.29) is 0 Å². The van der Waals surface area contributed by atoms with Gasteiger partial charge in [-0.2, -0.15) is 25.3 Å². The fourth-order valence-corrected chi connectivity index (χ4v) is 10.2. The molecule has 0 unspecified atom stereocenters. The molecule has 290 valence electrons. The predicted octanol–water partition coefficient (Wildman–Crippen LogP) is 8.75. The zero-order chi connectivity index (χ0) is 36.0. The smallest absolute Gasteiger partial charge is 0.379 e. The largest absolute Gasteiger partial charge is 0.528 e. The van der Waals surface area contributed by atoms with E-state index in [2.05, 4.69) is 13.0 Å². The predicted molar refractivity (Wildman–Crippen MR) is 214 cm³/mol. The van der Waals surface area contributed by atoms with Crippen molar-refractivity contribution in [3.8, 4) is 0 Å². The van der Waals surface area contributed by atoms with Crippen LogP contribution in [0.3, 0.4) is 0 Å². The molecular formula is C37H67NO8S3Si. The summed E-state index contributed by atoms with van der Waals surface area (Å²) < 4.78 is 47.1. The van der Waals surface area contributed by atoms with Crippen LogP contribution in [-0.2, 0) is 43.4 Å². The molecule has 0 aliphatic heterocycles. The van der Waals surface area contributed by atoms with Crippen molar-refractivity contribution >= 4 is 55.6 Å². The Labute approximate surface area is 319 Å².